The Hall–Kier alpha value is -3.84. The van der Waals surface area contributed by atoms with Gasteiger partial charge in [-0.15, -0.1) is 0 Å². The number of fused-ring (bicyclic) bond motifs is 1. The maximum absolute atomic E-state index is 13.5. The molecule has 0 spiro atoms. The van der Waals surface area contributed by atoms with E-state index in [-0.39, 0.29) is 23.9 Å². The summed E-state index contributed by atoms with van der Waals surface area (Å²) in [5.41, 5.74) is 0.492. The molecule has 0 saturated heterocycles. The topological polar surface area (TPSA) is 82.3 Å². The lowest BCUT2D eigenvalue weighted by atomic mass is 10.1. The van der Waals surface area contributed by atoms with Crippen molar-refractivity contribution in [2.24, 2.45) is 0 Å². The highest BCUT2D eigenvalue weighted by Gasteiger charge is 2.18. The Bertz CT molecular complexity index is 1440. The van der Waals surface area contributed by atoms with Crippen molar-refractivity contribution in [1.82, 2.24) is 14.5 Å². The van der Waals surface area contributed by atoms with E-state index in [1.807, 2.05) is 44.2 Å². The van der Waals surface area contributed by atoms with Crippen molar-refractivity contribution in [1.29, 1.82) is 0 Å². The third-order valence-electron chi connectivity index (χ3n) is 5.49. The average molecular weight is 478 g/mol. The molecule has 0 bridgehead atoms. The van der Waals surface area contributed by atoms with E-state index in [9.17, 15) is 14.4 Å². The van der Waals surface area contributed by atoms with Crippen LogP contribution in [-0.4, -0.2) is 21.6 Å². The van der Waals surface area contributed by atoms with E-state index in [4.69, 9.17) is 16.3 Å². The van der Waals surface area contributed by atoms with E-state index < -0.39 is 11.2 Å². The number of nitrogens with one attached hydrogen (secondary N) is 1. The van der Waals surface area contributed by atoms with Crippen LogP contribution in [0.1, 0.15) is 25.5 Å². The van der Waals surface area contributed by atoms with Gasteiger partial charge in [-0.2, -0.15) is 0 Å². The van der Waals surface area contributed by atoms with Crippen molar-refractivity contribution >= 4 is 28.4 Å². The lowest BCUT2D eigenvalue weighted by Crippen LogP contribution is -2.42. The molecule has 1 N–H and O–H groups in total. The Morgan fingerprint density at radius 3 is 2.41 bits per heavy atom. The molecule has 0 saturated carbocycles. The van der Waals surface area contributed by atoms with E-state index in [1.165, 1.54) is 10.6 Å². The Morgan fingerprint density at radius 1 is 1.03 bits per heavy atom. The molecule has 34 heavy (non-hydrogen) atoms. The van der Waals surface area contributed by atoms with Crippen LogP contribution in [-0.2, 0) is 11.3 Å². The summed E-state index contributed by atoms with van der Waals surface area (Å²) < 4.78 is 7.78. The minimum atomic E-state index is -0.633. The molecule has 174 valence electrons. The van der Waals surface area contributed by atoms with E-state index >= 15 is 0 Å². The van der Waals surface area contributed by atoms with Gasteiger partial charge in [0.2, 0.25) is 5.91 Å². The van der Waals surface area contributed by atoms with Crippen molar-refractivity contribution in [3.05, 3.63) is 104 Å². The van der Waals surface area contributed by atoms with Crippen molar-refractivity contribution in [2.75, 3.05) is 6.61 Å². The molecule has 0 fully saturated rings. The maximum atomic E-state index is 13.5. The fourth-order valence-corrected chi connectivity index (χ4v) is 4.00. The molecule has 0 aliphatic rings. The minimum Gasteiger partial charge on any atom is -0.494 e. The van der Waals surface area contributed by atoms with Crippen LogP contribution >= 0.6 is 11.6 Å². The van der Waals surface area contributed by atoms with Crippen LogP contribution < -0.4 is 21.3 Å². The molecule has 0 aliphatic carbocycles. The number of ether oxygens (including phenoxy) is 1. The number of aromatic nitrogens is 2. The predicted molar refractivity (Wildman–Crippen MR) is 133 cm³/mol. The highest BCUT2D eigenvalue weighted by atomic mass is 35.5. The average Bonchev–Trinajstić information content (AvgIpc) is 2.83. The monoisotopic (exact) mass is 477 g/mol. The van der Waals surface area contributed by atoms with Crippen LogP contribution in [0.25, 0.3) is 16.6 Å². The zero-order valence-electron chi connectivity index (χ0n) is 18.8. The first kappa shape index (κ1) is 23.3. The highest BCUT2D eigenvalue weighted by molar-refractivity contribution is 6.31. The van der Waals surface area contributed by atoms with Crippen LogP contribution in [0, 0.1) is 0 Å². The summed E-state index contributed by atoms with van der Waals surface area (Å²) in [4.78, 5) is 39.7. The molecule has 8 heteroatoms. The smallest absolute Gasteiger partial charge is 0.336 e. The van der Waals surface area contributed by atoms with Crippen molar-refractivity contribution in [2.45, 2.75) is 26.4 Å². The molecular weight excluding hydrogens is 454 g/mol. The van der Waals surface area contributed by atoms with Gasteiger partial charge in [-0.05, 0) is 61.9 Å². The summed E-state index contributed by atoms with van der Waals surface area (Å²) in [5, 5.41) is 3.55. The predicted octanol–water partition coefficient (Wildman–Crippen LogP) is 4.08. The molecule has 1 aromatic heterocycles. The first-order chi connectivity index (χ1) is 16.4. The quantitative estimate of drug-likeness (QED) is 0.435. The van der Waals surface area contributed by atoms with Crippen LogP contribution in [0.3, 0.4) is 0 Å². The van der Waals surface area contributed by atoms with Crippen LogP contribution in [0.4, 0.5) is 0 Å². The number of halogens is 1. The van der Waals surface area contributed by atoms with Gasteiger partial charge in [0.05, 0.1) is 29.2 Å². The van der Waals surface area contributed by atoms with Crippen molar-refractivity contribution in [3.63, 3.8) is 0 Å². The third-order valence-corrected chi connectivity index (χ3v) is 5.73. The van der Waals surface area contributed by atoms with Gasteiger partial charge in [0, 0.05) is 5.02 Å². The zero-order valence-corrected chi connectivity index (χ0v) is 19.6. The third kappa shape index (κ3) is 4.75. The fraction of sp³-hybridized carbons (Fsp3) is 0.192. The summed E-state index contributed by atoms with van der Waals surface area (Å²) in [7, 11) is 0. The van der Waals surface area contributed by atoms with Gasteiger partial charge in [-0.25, -0.2) is 9.36 Å². The number of carbonyl (C=O) groups excluding carboxylic acids is 1. The summed E-state index contributed by atoms with van der Waals surface area (Å²) >= 11 is 6.16. The number of hydrogen-bond donors (Lipinski definition) is 1. The van der Waals surface area contributed by atoms with Gasteiger partial charge >= 0.3 is 5.69 Å². The number of carbonyl (C=O) groups is 1. The standard InChI is InChI=1S/C26H24ClN3O4/c1-3-34-21-12-10-20(11-13-21)30-25(32)22-14-9-19(27)15-23(22)29(26(30)33)16-24(31)28-17(2)18-7-5-4-6-8-18/h4-15,17H,3,16H2,1-2H3,(H,28,31)/t17-/m0/s1. The van der Waals surface area contributed by atoms with Crippen molar-refractivity contribution < 1.29 is 9.53 Å². The Balaban J connectivity index is 1.77. The molecule has 1 heterocycles. The normalized spacial score (nSPS) is 11.9. The molecule has 0 unspecified atom stereocenters. The highest BCUT2D eigenvalue weighted by Crippen LogP contribution is 2.18. The second kappa shape index (κ2) is 9.97. The molecule has 0 radical (unpaired) electrons. The van der Waals surface area contributed by atoms with Gasteiger partial charge < -0.3 is 10.1 Å². The lowest BCUT2D eigenvalue weighted by molar-refractivity contribution is -0.122. The summed E-state index contributed by atoms with van der Waals surface area (Å²) in [6, 6.07) is 20.6. The second-order valence-electron chi connectivity index (χ2n) is 7.80. The minimum absolute atomic E-state index is 0.253. The van der Waals surface area contributed by atoms with Gasteiger partial charge in [-0.1, -0.05) is 41.9 Å². The molecule has 1 amide bonds. The zero-order chi connectivity index (χ0) is 24.2. The van der Waals surface area contributed by atoms with Gasteiger partial charge in [0.1, 0.15) is 12.3 Å². The van der Waals surface area contributed by atoms with Crippen LogP contribution in [0.5, 0.6) is 5.75 Å². The molecular formula is C26H24ClN3O4. The Morgan fingerprint density at radius 2 is 1.74 bits per heavy atom. The summed E-state index contributed by atoms with van der Waals surface area (Å²) in [5.74, 6) is 0.262. The second-order valence-corrected chi connectivity index (χ2v) is 8.23. The SMILES string of the molecule is CCOc1ccc(-n2c(=O)c3ccc(Cl)cc3n(CC(=O)N[C@@H](C)c3ccccc3)c2=O)cc1. The number of benzene rings is 3. The maximum Gasteiger partial charge on any atom is 0.336 e. The number of hydrogen-bond acceptors (Lipinski definition) is 4. The summed E-state index contributed by atoms with van der Waals surface area (Å²) in [6.07, 6.45) is 0. The lowest BCUT2D eigenvalue weighted by Gasteiger charge is -2.17. The van der Waals surface area contributed by atoms with Crippen molar-refractivity contribution in [3.8, 4) is 11.4 Å². The van der Waals surface area contributed by atoms with Gasteiger partial charge in [0.25, 0.3) is 5.56 Å². The first-order valence-corrected chi connectivity index (χ1v) is 11.3. The molecule has 1 atom stereocenters. The molecule has 4 aromatic rings. The molecule has 3 aromatic carbocycles. The van der Waals surface area contributed by atoms with Crippen LogP contribution in [0.2, 0.25) is 5.02 Å². The number of amides is 1. The van der Waals surface area contributed by atoms with Gasteiger partial charge in [0.15, 0.2) is 0 Å². The largest absolute Gasteiger partial charge is 0.494 e. The van der Waals surface area contributed by atoms with E-state index in [0.717, 1.165) is 10.1 Å². The summed E-state index contributed by atoms with van der Waals surface area (Å²) in [6.45, 7) is 3.96. The Labute approximate surface area is 201 Å². The Kier molecular flexibility index (Phi) is 6.84. The molecule has 4 rings (SSSR count). The molecule has 0 aliphatic heterocycles. The number of rotatable bonds is 7. The fourth-order valence-electron chi connectivity index (χ4n) is 3.83. The van der Waals surface area contributed by atoms with Gasteiger partial charge in [-0.3, -0.25) is 14.2 Å². The first-order valence-electron chi connectivity index (χ1n) is 10.9. The van der Waals surface area contributed by atoms with E-state index in [2.05, 4.69) is 5.32 Å². The van der Waals surface area contributed by atoms with Crippen LogP contribution in [0.15, 0.2) is 82.4 Å². The molecule has 7 nitrogen and oxygen atoms in total. The van der Waals surface area contributed by atoms with E-state index in [0.29, 0.717) is 28.6 Å². The number of nitrogens with zero attached hydrogens (tertiary/aromatic N) is 2. The van der Waals surface area contributed by atoms with E-state index in [1.54, 1.807) is 36.4 Å².